The third-order valence-corrected chi connectivity index (χ3v) is 13.5. The number of rotatable bonds is 22. The summed E-state index contributed by atoms with van der Waals surface area (Å²) >= 11 is 0. The molecule has 0 aliphatic heterocycles. The molecule has 0 radical (unpaired) electrons. The number of ether oxygens (including phenoxy) is 6. The molecule has 0 spiro atoms. The molecule has 4 aromatic rings. The number of methoxy groups -OCH3 is 2. The Kier molecular flexibility index (Phi) is 15.3. The van der Waals surface area contributed by atoms with Gasteiger partial charge in [0.25, 0.3) is 0 Å². The molecule has 0 saturated heterocycles. The first-order chi connectivity index (χ1) is 26.7. The molecular weight excluding hydrogens is 747 g/mol. The van der Waals surface area contributed by atoms with Gasteiger partial charge < -0.3 is 39.1 Å². The van der Waals surface area contributed by atoms with Crippen LogP contribution in [-0.4, -0.2) is 119 Å². The maximum atomic E-state index is 13.5. The Labute approximate surface area is 334 Å². The Morgan fingerprint density at radius 3 is 2.09 bits per heavy atom. The Morgan fingerprint density at radius 1 is 0.857 bits per heavy atom. The predicted molar refractivity (Wildman–Crippen MR) is 225 cm³/mol. The van der Waals surface area contributed by atoms with Crippen LogP contribution in [0.3, 0.4) is 0 Å². The van der Waals surface area contributed by atoms with E-state index in [9.17, 15) is 4.79 Å². The fraction of sp³-hybridized carbons (Fsp3) is 0.600. The summed E-state index contributed by atoms with van der Waals surface area (Å²) in [6.45, 7) is 17.0. The molecule has 1 saturated carbocycles. The van der Waals surface area contributed by atoms with Crippen molar-refractivity contribution in [3.8, 4) is 16.8 Å². The summed E-state index contributed by atoms with van der Waals surface area (Å²) in [5, 5.41) is 9.57. The molecule has 16 heteroatoms. The summed E-state index contributed by atoms with van der Waals surface area (Å²) in [4.78, 5) is 20.9. The first-order valence-electron chi connectivity index (χ1n) is 19.7. The Bertz CT molecular complexity index is 1810. The lowest BCUT2D eigenvalue weighted by Crippen LogP contribution is -2.46. The van der Waals surface area contributed by atoms with Crippen molar-refractivity contribution in [2.75, 3.05) is 78.0 Å². The predicted octanol–water partition coefficient (Wildman–Crippen LogP) is 6.84. The largest absolute Gasteiger partial charge is 0.461 e. The second-order valence-corrected chi connectivity index (χ2v) is 28.3. The summed E-state index contributed by atoms with van der Waals surface area (Å²) < 4.78 is 38.7. The fourth-order valence-corrected chi connectivity index (χ4v) is 8.22. The lowest BCUT2D eigenvalue weighted by atomic mass is 9.77. The van der Waals surface area contributed by atoms with Crippen LogP contribution < -0.4 is 10.6 Å². The van der Waals surface area contributed by atoms with Gasteiger partial charge in [-0.05, 0) is 49.9 Å². The van der Waals surface area contributed by atoms with Crippen molar-refractivity contribution in [2.24, 2.45) is 0 Å². The Hall–Kier alpha value is -3.65. The lowest BCUT2D eigenvalue weighted by molar-refractivity contribution is -0.180. The highest BCUT2D eigenvalue weighted by molar-refractivity contribution is 6.76. The number of carbonyl (C=O) groups is 1. The number of hydrogen-bond donors (Lipinski definition) is 1. The maximum absolute atomic E-state index is 13.5. The highest BCUT2D eigenvalue weighted by Crippen LogP contribution is 2.44. The van der Waals surface area contributed by atoms with E-state index in [1.165, 1.54) is 0 Å². The molecule has 3 aromatic heterocycles. The Morgan fingerprint density at radius 2 is 1.48 bits per heavy atom. The fourth-order valence-electron chi connectivity index (χ4n) is 6.71. The third-order valence-electron chi connectivity index (χ3n) is 10.1. The van der Waals surface area contributed by atoms with Crippen molar-refractivity contribution in [3.05, 3.63) is 54.6 Å². The highest BCUT2D eigenvalue weighted by atomic mass is 28.3. The van der Waals surface area contributed by atoms with Gasteiger partial charge in [0.15, 0.2) is 17.1 Å². The number of nitrogens with zero attached hydrogens (tertiary/aromatic N) is 6. The molecule has 0 atom stereocenters. The molecule has 1 aliphatic rings. The van der Waals surface area contributed by atoms with Crippen molar-refractivity contribution in [3.63, 3.8) is 0 Å². The number of anilines is 2. The van der Waals surface area contributed by atoms with Gasteiger partial charge in [-0.15, -0.1) is 0 Å². The minimum absolute atomic E-state index is 0.0677. The van der Waals surface area contributed by atoms with Gasteiger partial charge in [0.2, 0.25) is 0 Å². The Balaban J connectivity index is 1.54. The van der Waals surface area contributed by atoms with Crippen LogP contribution in [0.15, 0.2) is 48.9 Å². The van der Waals surface area contributed by atoms with Crippen LogP contribution >= 0.6 is 0 Å². The van der Waals surface area contributed by atoms with E-state index in [1.807, 2.05) is 63.0 Å². The van der Waals surface area contributed by atoms with Gasteiger partial charge in [0.1, 0.15) is 20.1 Å². The molecule has 308 valence electrons. The minimum atomic E-state index is -1.33. The summed E-state index contributed by atoms with van der Waals surface area (Å²) in [5.41, 5.74) is 10.7. The second kappa shape index (κ2) is 19.7. The van der Waals surface area contributed by atoms with E-state index in [2.05, 4.69) is 44.4 Å². The maximum Gasteiger partial charge on any atom is 0.338 e. The number of para-hydroxylation sites is 1. The van der Waals surface area contributed by atoms with Gasteiger partial charge >= 0.3 is 5.97 Å². The second-order valence-electron chi connectivity index (χ2n) is 17.0. The minimum Gasteiger partial charge on any atom is -0.461 e. The van der Waals surface area contributed by atoms with Gasteiger partial charge in [-0.25, -0.2) is 14.5 Å². The van der Waals surface area contributed by atoms with Crippen LogP contribution in [0.1, 0.15) is 37.3 Å². The molecule has 2 N–H and O–H groups in total. The van der Waals surface area contributed by atoms with Crippen LogP contribution in [0.4, 0.5) is 11.5 Å². The number of carbonyl (C=O) groups excluding carboxylic acids is 1. The molecule has 0 amide bonds. The zero-order valence-corrected chi connectivity index (χ0v) is 36.7. The van der Waals surface area contributed by atoms with Crippen molar-refractivity contribution in [2.45, 2.75) is 88.6 Å². The van der Waals surface area contributed by atoms with Gasteiger partial charge in [-0.3, -0.25) is 0 Å². The van der Waals surface area contributed by atoms with Crippen LogP contribution in [0, 0.1) is 0 Å². The molecule has 3 heterocycles. The summed E-state index contributed by atoms with van der Waals surface area (Å²) in [6, 6.07) is 12.1. The number of nitrogen functional groups attached to an aromatic ring is 1. The number of hydrogen-bond acceptors (Lipinski definition) is 12. The molecule has 1 fully saturated rings. The smallest absolute Gasteiger partial charge is 0.338 e. The molecule has 14 nitrogen and oxygen atoms in total. The van der Waals surface area contributed by atoms with E-state index in [0.717, 1.165) is 34.6 Å². The van der Waals surface area contributed by atoms with E-state index in [1.54, 1.807) is 14.2 Å². The van der Waals surface area contributed by atoms with Crippen molar-refractivity contribution in [1.29, 1.82) is 0 Å². The molecule has 0 bridgehead atoms. The van der Waals surface area contributed by atoms with E-state index < -0.39 is 21.7 Å². The van der Waals surface area contributed by atoms with Crippen molar-refractivity contribution >= 4 is 39.3 Å². The van der Waals surface area contributed by atoms with E-state index in [0.29, 0.717) is 69.3 Å². The topological polar surface area (TPSA) is 150 Å². The SMILES string of the molecule is COCCOC(=O)C1(OCCOC)CCC(c2nc3c(-c4cnn(-c5ccccc5)c4)cnn3c(N(COCC[Si](C)(C)C)COCC[Si](C)(C)C)c2N)CC1. The first-order valence-corrected chi connectivity index (χ1v) is 27.1. The summed E-state index contributed by atoms with van der Waals surface area (Å²) in [7, 11) is 0.528. The number of fused-ring (bicyclic) bond motifs is 1. The van der Waals surface area contributed by atoms with Crippen LogP contribution in [-0.2, 0) is 33.2 Å². The number of aromatic nitrogens is 5. The quantitative estimate of drug-likeness (QED) is 0.0383. The van der Waals surface area contributed by atoms with E-state index in [-0.39, 0.29) is 38.6 Å². The summed E-state index contributed by atoms with van der Waals surface area (Å²) in [6.07, 6.45) is 7.73. The zero-order chi connectivity index (χ0) is 40.3. The third kappa shape index (κ3) is 11.5. The van der Waals surface area contributed by atoms with Gasteiger partial charge in [-0.1, -0.05) is 57.5 Å². The average Bonchev–Trinajstić information content (AvgIpc) is 3.82. The molecule has 1 aliphatic carbocycles. The summed E-state index contributed by atoms with van der Waals surface area (Å²) in [5.74, 6) is 0.216. The van der Waals surface area contributed by atoms with E-state index in [4.69, 9.17) is 44.2 Å². The molecule has 0 unspecified atom stereocenters. The monoisotopic (exact) mass is 809 g/mol. The highest BCUT2D eigenvalue weighted by Gasteiger charge is 2.45. The average molecular weight is 810 g/mol. The van der Waals surface area contributed by atoms with Gasteiger partial charge in [-0.2, -0.15) is 14.7 Å². The lowest BCUT2D eigenvalue weighted by Gasteiger charge is -2.38. The van der Waals surface area contributed by atoms with Gasteiger partial charge in [0.05, 0.1) is 49.3 Å². The van der Waals surface area contributed by atoms with Crippen molar-refractivity contribution < 1.29 is 33.2 Å². The molecular formula is C40H63N7O7Si2. The number of esters is 1. The molecule has 56 heavy (non-hydrogen) atoms. The standard InChI is InChI=1S/C40H63N7O7Si2/c1-49-18-20-53-39(48)40(54-21-19-50-2)16-14-31(15-17-40)36-35(41)38(45(29-51-22-24-55(3,4)5)30-52-23-25-56(6,7)8)47-37(44-36)34(27-43-47)32-26-42-46(28-32)33-12-10-9-11-13-33/h9-13,26-28,31H,14-25,29-30,41H2,1-8H3. The number of nitrogens with two attached hydrogens (primary N) is 1. The molecule has 5 rings (SSSR count). The van der Waals surface area contributed by atoms with Crippen molar-refractivity contribution in [1.82, 2.24) is 24.4 Å². The molecule has 1 aromatic carbocycles. The number of benzene rings is 1. The van der Waals surface area contributed by atoms with Crippen LogP contribution in [0.2, 0.25) is 51.4 Å². The van der Waals surface area contributed by atoms with Crippen LogP contribution in [0.5, 0.6) is 0 Å². The zero-order valence-electron chi connectivity index (χ0n) is 34.7. The van der Waals surface area contributed by atoms with Gasteiger partial charge in [0, 0.05) is 66.8 Å². The first kappa shape index (κ1) is 43.5. The van der Waals surface area contributed by atoms with Crippen LogP contribution in [0.25, 0.3) is 22.5 Å². The normalized spacial score (nSPS) is 17.8. The van der Waals surface area contributed by atoms with E-state index >= 15 is 0 Å².